The van der Waals surface area contributed by atoms with Gasteiger partial charge in [0.1, 0.15) is 0 Å². The molecule has 1 aliphatic rings. The van der Waals surface area contributed by atoms with Gasteiger partial charge in [-0.3, -0.25) is 9.59 Å². The summed E-state index contributed by atoms with van der Waals surface area (Å²) in [6.45, 7) is 3.84. The summed E-state index contributed by atoms with van der Waals surface area (Å²) in [5.74, 6) is -0.270. The van der Waals surface area contributed by atoms with Crippen molar-refractivity contribution in [3.05, 3.63) is 36.4 Å². The number of aromatic amines is 2. The predicted octanol–water partition coefficient (Wildman–Crippen LogP) is 1.47. The van der Waals surface area contributed by atoms with Gasteiger partial charge in [-0.25, -0.2) is 9.97 Å². The van der Waals surface area contributed by atoms with E-state index in [4.69, 9.17) is 0 Å². The van der Waals surface area contributed by atoms with Crippen LogP contribution in [0.25, 0.3) is 0 Å². The van der Waals surface area contributed by atoms with Crippen LogP contribution in [0.3, 0.4) is 0 Å². The maximum atomic E-state index is 12.3. The van der Waals surface area contributed by atoms with Crippen molar-refractivity contribution < 1.29 is 9.59 Å². The summed E-state index contributed by atoms with van der Waals surface area (Å²) >= 11 is 0. The summed E-state index contributed by atoms with van der Waals surface area (Å²) in [5.41, 5.74) is -0.353. The first kappa shape index (κ1) is 11.8. The summed E-state index contributed by atoms with van der Waals surface area (Å²) in [6.07, 6.45) is 6.27. The molecular weight excluding hydrogens is 244 g/mol. The zero-order valence-corrected chi connectivity index (χ0v) is 10.7. The maximum Gasteiger partial charge on any atom is 0.202 e. The standard InChI is InChI=1S/C13H14N4O2/c1-13(2)7(9(18)11-14-3-4-15-11)8(13)10(19)12-16-5-6-17-12/h3-8H,1-2H3,(H,14,15)(H,16,17). The molecule has 6 nitrogen and oxygen atoms in total. The van der Waals surface area contributed by atoms with E-state index >= 15 is 0 Å². The molecule has 0 bridgehead atoms. The number of imidazole rings is 2. The van der Waals surface area contributed by atoms with Gasteiger partial charge >= 0.3 is 0 Å². The molecule has 19 heavy (non-hydrogen) atoms. The molecule has 1 fully saturated rings. The molecule has 0 aromatic carbocycles. The lowest BCUT2D eigenvalue weighted by Gasteiger charge is -1.99. The van der Waals surface area contributed by atoms with Crippen molar-refractivity contribution in [2.45, 2.75) is 13.8 Å². The van der Waals surface area contributed by atoms with Crippen molar-refractivity contribution >= 4 is 11.6 Å². The molecule has 2 aromatic rings. The molecule has 2 heterocycles. The fraction of sp³-hybridized carbons (Fsp3) is 0.385. The number of hydrogen-bond acceptors (Lipinski definition) is 4. The van der Waals surface area contributed by atoms with E-state index in [1.54, 1.807) is 12.4 Å². The summed E-state index contributed by atoms with van der Waals surface area (Å²) in [5, 5.41) is 0. The Balaban J connectivity index is 1.85. The molecule has 2 N–H and O–H groups in total. The molecule has 2 atom stereocenters. The van der Waals surface area contributed by atoms with Crippen LogP contribution in [-0.2, 0) is 0 Å². The molecule has 1 saturated carbocycles. The quantitative estimate of drug-likeness (QED) is 0.812. The van der Waals surface area contributed by atoms with Crippen LogP contribution in [-0.4, -0.2) is 31.5 Å². The highest BCUT2D eigenvalue weighted by Gasteiger charge is 2.65. The molecule has 0 saturated heterocycles. The molecule has 0 radical (unpaired) electrons. The van der Waals surface area contributed by atoms with E-state index in [0.717, 1.165) is 0 Å². The Morgan fingerprint density at radius 2 is 1.42 bits per heavy atom. The van der Waals surface area contributed by atoms with Gasteiger partial charge in [0.15, 0.2) is 11.6 Å². The Morgan fingerprint density at radius 1 is 1.00 bits per heavy atom. The molecule has 2 unspecified atom stereocenters. The van der Waals surface area contributed by atoms with E-state index in [2.05, 4.69) is 19.9 Å². The van der Waals surface area contributed by atoms with E-state index < -0.39 is 0 Å². The number of aromatic nitrogens is 4. The average Bonchev–Trinajstić information content (AvgIpc) is 2.91. The summed E-state index contributed by atoms with van der Waals surface area (Å²) in [6, 6.07) is 0. The van der Waals surface area contributed by atoms with Crippen LogP contribution in [0.15, 0.2) is 24.8 Å². The van der Waals surface area contributed by atoms with Crippen LogP contribution in [0, 0.1) is 17.3 Å². The summed E-state index contributed by atoms with van der Waals surface area (Å²) < 4.78 is 0. The lowest BCUT2D eigenvalue weighted by atomic mass is 10.1. The zero-order valence-electron chi connectivity index (χ0n) is 10.7. The van der Waals surface area contributed by atoms with Crippen LogP contribution in [0.5, 0.6) is 0 Å². The minimum atomic E-state index is -0.353. The first-order chi connectivity index (χ1) is 9.03. The highest BCUT2D eigenvalue weighted by atomic mass is 16.1. The second kappa shape index (κ2) is 3.88. The van der Waals surface area contributed by atoms with Gasteiger partial charge in [0.2, 0.25) is 11.6 Å². The van der Waals surface area contributed by atoms with E-state index in [1.807, 2.05) is 13.8 Å². The summed E-state index contributed by atoms with van der Waals surface area (Å²) in [7, 11) is 0. The van der Waals surface area contributed by atoms with Gasteiger partial charge in [-0.1, -0.05) is 13.8 Å². The van der Waals surface area contributed by atoms with Crippen molar-refractivity contribution in [1.82, 2.24) is 19.9 Å². The Morgan fingerprint density at radius 3 is 1.74 bits per heavy atom. The number of Topliss-reactive ketones (excluding diaryl/α,β-unsaturated/α-hetero) is 2. The van der Waals surface area contributed by atoms with Gasteiger partial charge in [-0.05, 0) is 5.41 Å². The summed E-state index contributed by atoms with van der Waals surface area (Å²) in [4.78, 5) is 38.1. The molecule has 2 aromatic heterocycles. The third-order valence-electron chi connectivity index (χ3n) is 3.86. The number of carbonyl (C=O) groups is 2. The van der Waals surface area contributed by atoms with E-state index in [-0.39, 0.29) is 28.8 Å². The highest BCUT2D eigenvalue weighted by molar-refractivity contribution is 6.07. The predicted molar refractivity (Wildman–Crippen MR) is 66.6 cm³/mol. The van der Waals surface area contributed by atoms with Gasteiger partial charge < -0.3 is 9.97 Å². The molecule has 0 spiro atoms. The van der Waals surface area contributed by atoms with Crippen molar-refractivity contribution in [2.75, 3.05) is 0 Å². The second-order valence-electron chi connectivity index (χ2n) is 5.38. The normalized spacial score (nSPS) is 24.1. The molecule has 0 amide bonds. The van der Waals surface area contributed by atoms with E-state index in [0.29, 0.717) is 11.6 Å². The van der Waals surface area contributed by atoms with Crippen LogP contribution in [0.2, 0.25) is 0 Å². The molecule has 6 heteroatoms. The minimum Gasteiger partial charge on any atom is -0.342 e. The lowest BCUT2D eigenvalue weighted by molar-refractivity contribution is 0.0896. The topological polar surface area (TPSA) is 91.5 Å². The number of nitrogens with one attached hydrogen (secondary N) is 2. The van der Waals surface area contributed by atoms with Gasteiger partial charge in [0.05, 0.1) is 0 Å². The zero-order chi connectivity index (χ0) is 13.6. The number of hydrogen-bond donors (Lipinski definition) is 2. The number of ketones is 2. The lowest BCUT2D eigenvalue weighted by Crippen LogP contribution is -2.11. The van der Waals surface area contributed by atoms with Crippen LogP contribution < -0.4 is 0 Å². The Labute approximate surface area is 109 Å². The first-order valence-corrected chi connectivity index (χ1v) is 6.10. The molecule has 0 aliphatic heterocycles. The molecule has 3 rings (SSSR count). The van der Waals surface area contributed by atoms with Crippen molar-refractivity contribution in [3.8, 4) is 0 Å². The van der Waals surface area contributed by atoms with E-state index in [9.17, 15) is 9.59 Å². The van der Waals surface area contributed by atoms with Crippen LogP contribution in [0.4, 0.5) is 0 Å². The van der Waals surface area contributed by atoms with Crippen LogP contribution in [0.1, 0.15) is 35.1 Å². The van der Waals surface area contributed by atoms with Crippen molar-refractivity contribution in [3.63, 3.8) is 0 Å². The Bertz CT molecular complexity index is 559. The third kappa shape index (κ3) is 1.71. The largest absolute Gasteiger partial charge is 0.342 e. The fourth-order valence-electron chi connectivity index (χ4n) is 2.71. The third-order valence-corrected chi connectivity index (χ3v) is 3.86. The second-order valence-corrected chi connectivity index (χ2v) is 5.38. The number of rotatable bonds is 4. The number of nitrogens with zero attached hydrogens (tertiary/aromatic N) is 2. The maximum absolute atomic E-state index is 12.3. The molecule has 1 aliphatic carbocycles. The first-order valence-electron chi connectivity index (χ1n) is 6.10. The highest BCUT2D eigenvalue weighted by Crippen LogP contribution is 2.60. The van der Waals surface area contributed by atoms with Gasteiger partial charge in [-0.15, -0.1) is 0 Å². The fourth-order valence-corrected chi connectivity index (χ4v) is 2.71. The smallest absolute Gasteiger partial charge is 0.202 e. The van der Waals surface area contributed by atoms with Crippen molar-refractivity contribution in [1.29, 1.82) is 0 Å². The van der Waals surface area contributed by atoms with Gasteiger partial charge in [0, 0.05) is 36.6 Å². The Hall–Kier alpha value is -2.24. The monoisotopic (exact) mass is 258 g/mol. The van der Waals surface area contributed by atoms with Crippen LogP contribution >= 0.6 is 0 Å². The number of H-pyrrole nitrogens is 2. The SMILES string of the molecule is CC1(C)C(C(=O)c2ncc[nH]2)C1C(=O)c1ncc[nH]1. The van der Waals surface area contributed by atoms with E-state index in [1.165, 1.54) is 12.4 Å². The molecule has 98 valence electrons. The van der Waals surface area contributed by atoms with Crippen molar-refractivity contribution in [2.24, 2.45) is 17.3 Å². The average molecular weight is 258 g/mol. The minimum absolute atomic E-state index is 0.111. The number of carbonyl (C=O) groups excluding carboxylic acids is 2. The van der Waals surface area contributed by atoms with Gasteiger partial charge in [-0.2, -0.15) is 0 Å². The molecular formula is C13H14N4O2. The Kier molecular flexibility index (Phi) is 2.41. The van der Waals surface area contributed by atoms with Gasteiger partial charge in [0.25, 0.3) is 0 Å².